The number of alkyl halides is 3. The van der Waals surface area contributed by atoms with Crippen LogP contribution in [-0.2, 0) is 15.7 Å². The highest BCUT2D eigenvalue weighted by Crippen LogP contribution is 2.30. The fourth-order valence-corrected chi connectivity index (χ4v) is 1.97. The van der Waals surface area contributed by atoms with Gasteiger partial charge < -0.3 is 14.2 Å². The summed E-state index contributed by atoms with van der Waals surface area (Å²) in [6, 6.07) is 8.50. The molecule has 27 heavy (non-hydrogen) atoms. The van der Waals surface area contributed by atoms with E-state index >= 15 is 0 Å². The Labute approximate surface area is 154 Å². The molecule has 8 heteroatoms. The predicted molar refractivity (Wildman–Crippen MR) is 91.6 cm³/mol. The summed E-state index contributed by atoms with van der Waals surface area (Å²) in [7, 11) is 0. The number of hydrogen-bond acceptors (Lipinski definition) is 5. The third-order valence-corrected chi connectivity index (χ3v) is 3.22. The molecule has 0 aliphatic carbocycles. The van der Waals surface area contributed by atoms with E-state index < -0.39 is 17.7 Å². The van der Waals surface area contributed by atoms with Gasteiger partial charge in [0.1, 0.15) is 17.6 Å². The lowest BCUT2D eigenvalue weighted by atomic mass is 10.3. The fourth-order valence-electron chi connectivity index (χ4n) is 1.97. The lowest BCUT2D eigenvalue weighted by Gasteiger charge is -2.12. The first-order valence-electron chi connectivity index (χ1n) is 8.10. The Kier molecular flexibility index (Phi) is 6.81. The maximum atomic E-state index is 12.5. The first kappa shape index (κ1) is 20.3. The zero-order valence-corrected chi connectivity index (χ0v) is 14.7. The molecule has 2 aromatic rings. The van der Waals surface area contributed by atoms with E-state index in [4.69, 9.17) is 14.2 Å². The number of esters is 1. The molecule has 0 N–H and O–H groups in total. The molecule has 0 fully saturated rings. The topological polar surface area (TPSA) is 57.7 Å². The average molecular weight is 381 g/mol. The van der Waals surface area contributed by atoms with Crippen LogP contribution in [0.5, 0.6) is 17.4 Å². The fraction of sp³-hybridized carbons (Fsp3) is 0.263. The molecule has 0 saturated heterocycles. The Morgan fingerprint density at radius 1 is 1.15 bits per heavy atom. The van der Waals surface area contributed by atoms with Crippen LogP contribution in [0.4, 0.5) is 13.2 Å². The summed E-state index contributed by atoms with van der Waals surface area (Å²) >= 11 is 0. The molecule has 1 heterocycles. The van der Waals surface area contributed by atoms with Crippen LogP contribution in [0.2, 0.25) is 0 Å². The van der Waals surface area contributed by atoms with Gasteiger partial charge in [0.15, 0.2) is 0 Å². The number of carbonyl (C=O) groups is 1. The molecule has 0 saturated carbocycles. The minimum atomic E-state index is -4.44. The molecule has 5 nitrogen and oxygen atoms in total. The summed E-state index contributed by atoms with van der Waals surface area (Å²) < 4.78 is 53.3. The summed E-state index contributed by atoms with van der Waals surface area (Å²) in [5.74, 6) is 0.524. The van der Waals surface area contributed by atoms with Gasteiger partial charge in [-0.25, -0.2) is 9.78 Å². The van der Waals surface area contributed by atoms with E-state index in [1.165, 1.54) is 6.08 Å². The zero-order valence-electron chi connectivity index (χ0n) is 14.7. The molecular weight excluding hydrogens is 363 g/mol. The lowest BCUT2D eigenvalue weighted by Crippen LogP contribution is -2.09. The number of pyridine rings is 1. The summed E-state index contributed by atoms with van der Waals surface area (Å²) in [5, 5.41) is 0. The number of nitrogens with zero attached hydrogens (tertiary/aromatic N) is 1. The number of ether oxygens (including phenoxy) is 3. The van der Waals surface area contributed by atoms with E-state index in [0.29, 0.717) is 24.3 Å². The summed E-state index contributed by atoms with van der Waals surface area (Å²) in [5.41, 5.74) is -0.844. The van der Waals surface area contributed by atoms with Crippen molar-refractivity contribution in [3.8, 4) is 17.4 Å². The number of benzene rings is 1. The van der Waals surface area contributed by atoms with Crippen molar-refractivity contribution in [2.75, 3.05) is 6.61 Å². The number of hydrogen-bond donors (Lipinski definition) is 0. The van der Waals surface area contributed by atoms with Crippen LogP contribution >= 0.6 is 0 Å². The van der Waals surface area contributed by atoms with Gasteiger partial charge in [0.2, 0.25) is 5.88 Å². The van der Waals surface area contributed by atoms with Crippen LogP contribution in [0.3, 0.4) is 0 Å². The molecule has 0 aliphatic rings. The average Bonchev–Trinajstić information content (AvgIpc) is 2.62. The van der Waals surface area contributed by atoms with Gasteiger partial charge in [0.25, 0.3) is 0 Å². The molecule has 0 bridgehead atoms. The molecular formula is C19H18F3NO4. The summed E-state index contributed by atoms with van der Waals surface area (Å²) in [4.78, 5) is 14.9. The zero-order chi connectivity index (χ0) is 19.9. The van der Waals surface area contributed by atoms with Crippen molar-refractivity contribution in [2.24, 2.45) is 0 Å². The van der Waals surface area contributed by atoms with E-state index in [1.807, 2.05) is 0 Å². The van der Waals surface area contributed by atoms with Crippen molar-refractivity contribution in [3.63, 3.8) is 0 Å². The van der Waals surface area contributed by atoms with Gasteiger partial charge in [-0.15, -0.1) is 0 Å². The van der Waals surface area contributed by atoms with E-state index in [-0.39, 0.29) is 12.0 Å². The van der Waals surface area contributed by atoms with E-state index in [0.717, 1.165) is 12.1 Å². The molecule has 0 spiro atoms. The minimum Gasteiger partial charge on any atom is -0.487 e. The highest BCUT2D eigenvalue weighted by Gasteiger charge is 2.30. The first-order chi connectivity index (χ1) is 12.8. The number of carbonyl (C=O) groups excluding carboxylic acids is 1. The van der Waals surface area contributed by atoms with Gasteiger partial charge in [-0.05, 0) is 50.3 Å². The van der Waals surface area contributed by atoms with E-state index in [1.54, 1.807) is 44.2 Å². The Hall–Kier alpha value is -3.03. The van der Waals surface area contributed by atoms with Crippen molar-refractivity contribution >= 4 is 5.97 Å². The molecule has 2 rings (SSSR count). The maximum absolute atomic E-state index is 12.5. The van der Waals surface area contributed by atoms with Crippen molar-refractivity contribution < 1.29 is 32.2 Å². The van der Waals surface area contributed by atoms with Crippen LogP contribution in [0.1, 0.15) is 19.4 Å². The molecule has 1 atom stereocenters. The normalized spacial score (nSPS) is 12.6. The Balaban J connectivity index is 1.92. The second kappa shape index (κ2) is 9.07. The second-order valence-electron chi connectivity index (χ2n) is 5.39. The number of aromatic nitrogens is 1. The summed E-state index contributed by atoms with van der Waals surface area (Å²) in [6.45, 7) is 3.77. The van der Waals surface area contributed by atoms with Gasteiger partial charge in [-0.2, -0.15) is 13.2 Å². The van der Waals surface area contributed by atoms with Gasteiger partial charge in [-0.1, -0.05) is 0 Å². The second-order valence-corrected chi connectivity index (χ2v) is 5.39. The predicted octanol–water partition coefficient (Wildman–Crippen LogP) is 4.78. The quantitative estimate of drug-likeness (QED) is 0.510. The van der Waals surface area contributed by atoms with Crippen molar-refractivity contribution in [1.29, 1.82) is 0 Å². The Morgan fingerprint density at radius 2 is 1.81 bits per heavy atom. The maximum Gasteiger partial charge on any atom is 0.417 e. The third kappa shape index (κ3) is 6.65. The van der Waals surface area contributed by atoms with Crippen LogP contribution in [-0.4, -0.2) is 23.7 Å². The van der Waals surface area contributed by atoms with Gasteiger partial charge in [-0.3, -0.25) is 0 Å². The highest BCUT2D eigenvalue weighted by molar-refractivity contribution is 5.81. The van der Waals surface area contributed by atoms with Gasteiger partial charge >= 0.3 is 12.1 Å². The largest absolute Gasteiger partial charge is 0.487 e. The smallest absolute Gasteiger partial charge is 0.417 e. The SMILES string of the molecule is CCOC(=O)C=CC(C)Oc1ccc(Oc2ccc(C(F)(F)F)cn2)cc1. The molecule has 144 valence electrons. The standard InChI is InChI=1S/C19H18F3NO4/c1-3-25-18(24)11-4-13(2)26-15-6-8-16(9-7-15)27-17-10-5-14(12-23-17)19(20,21)22/h4-13H,3H2,1-2H3. The molecule has 0 amide bonds. The summed E-state index contributed by atoms with van der Waals surface area (Å²) in [6.07, 6.45) is -1.23. The van der Waals surface area contributed by atoms with Crippen LogP contribution in [0.25, 0.3) is 0 Å². The third-order valence-electron chi connectivity index (χ3n) is 3.22. The lowest BCUT2D eigenvalue weighted by molar-refractivity contribution is -0.138. The van der Waals surface area contributed by atoms with Gasteiger partial charge in [0.05, 0.1) is 12.2 Å². The molecule has 0 aliphatic heterocycles. The minimum absolute atomic E-state index is 0.0439. The number of halogens is 3. The highest BCUT2D eigenvalue weighted by atomic mass is 19.4. The van der Waals surface area contributed by atoms with Crippen LogP contribution in [0, 0.1) is 0 Å². The van der Waals surface area contributed by atoms with E-state index in [9.17, 15) is 18.0 Å². The van der Waals surface area contributed by atoms with Crippen molar-refractivity contribution in [1.82, 2.24) is 4.98 Å². The van der Waals surface area contributed by atoms with Crippen molar-refractivity contribution in [3.05, 3.63) is 60.3 Å². The first-order valence-corrected chi connectivity index (χ1v) is 8.10. The van der Waals surface area contributed by atoms with Crippen LogP contribution < -0.4 is 9.47 Å². The van der Waals surface area contributed by atoms with Gasteiger partial charge in [0, 0.05) is 18.3 Å². The van der Waals surface area contributed by atoms with Crippen molar-refractivity contribution in [2.45, 2.75) is 26.1 Å². The number of rotatable bonds is 7. The molecule has 1 aromatic heterocycles. The Morgan fingerprint density at radius 3 is 2.37 bits per heavy atom. The Bertz CT molecular complexity index is 771. The monoisotopic (exact) mass is 381 g/mol. The van der Waals surface area contributed by atoms with E-state index in [2.05, 4.69) is 4.98 Å². The molecule has 0 radical (unpaired) electrons. The molecule has 1 aromatic carbocycles. The molecule has 1 unspecified atom stereocenters. The van der Waals surface area contributed by atoms with Crippen LogP contribution in [0.15, 0.2) is 54.7 Å².